The van der Waals surface area contributed by atoms with Gasteiger partial charge in [-0.2, -0.15) is 5.26 Å². The van der Waals surface area contributed by atoms with Gasteiger partial charge in [0.2, 0.25) is 0 Å². The van der Waals surface area contributed by atoms with Crippen LogP contribution in [0.15, 0.2) is 47.8 Å². The summed E-state index contributed by atoms with van der Waals surface area (Å²) in [5, 5.41) is 31.9. The Hall–Kier alpha value is -3.64. The van der Waals surface area contributed by atoms with Gasteiger partial charge in [-0.15, -0.1) is 11.3 Å². The summed E-state index contributed by atoms with van der Waals surface area (Å²) in [5.74, 6) is -2.04. The number of halogens is 2. The summed E-state index contributed by atoms with van der Waals surface area (Å²) in [7, 11) is 0. The number of aromatic nitrogens is 1. The minimum absolute atomic E-state index is 0.00477. The molecular weight excluding hydrogens is 376 g/mol. The summed E-state index contributed by atoms with van der Waals surface area (Å²) in [5.41, 5.74) is -0.540. The number of benzene rings is 2. The maximum absolute atomic E-state index is 13.9. The summed E-state index contributed by atoms with van der Waals surface area (Å²) >= 11 is 0.932. The number of hydrogen-bond acceptors (Lipinski definition) is 6. The summed E-state index contributed by atoms with van der Waals surface area (Å²) in [4.78, 5) is 14.2. The number of allylic oxidation sites excluding steroid dienone is 1. The van der Waals surface area contributed by atoms with E-state index in [0.717, 1.165) is 23.5 Å². The van der Waals surface area contributed by atoms with Crippen LogP contribution >= 0.6 is 11.3 Å². The number of nitriles is 1. The van der Waals surface area contributed by atoms with Gasteiger partial charge in [0.25, 0.3) is 5.69 Å². The van der Waals surface area contributed by atoms with E-state index in [4.69, 9.17) is 0 Å². The van der Waals surface area contributed by atoms with Crippen molar-refractivity contribution in [1.29, 1.82) is 5.26 Å². The number of nitro benzene ring substituents is 1. The maximum atomic E-state index is 13.9. The molecule has 3 rings (SSSR count). The van der Waals surface area contributed by atoms with Crippen LogP contribution in [0.25, 0.3) is 22.6 Å². The fraction of sp³-hybridized carbons (Fsp3) is 0. The van der Waals surface area contributed by atoms with Crippen LogP contribution in [-0.2, 0) is 0 Å². The molecule has 27 heavy (non-hydrogen) atoms. The van der Waals surface area contributed by atoms with Crippen molar-refractivity contribution in [3.8, 4) is 17.3 Å². The number of non-ortho nitro benzene ring substituents is 1. The van der Waals surface area contributed by atoms with E-state index in [2.05, 4.69) is 4.98 Å². The first kappa shape index (κ1) is 18.2. The molecule has 0 atom stereocenters. The fourth-order valence-electron chi connectivity index (χ4n) is 2.33. The highest BCUT2D eigenvalue weighted by molar-refractivity contribution is 7.11. The SMILES string of the molecule is N#CC(=C(O)c1ccc([N+](=O)[O-])cc1)c1nc(-c2c(F)cccc2F)cs1. The van der Waals surface area contributed by atoms with Crippen molar-refractivity contribution in [3.05, 3.63) is 80.2 Å². The highest BCUT2D eigenvalue weighted by Gasteiger charge is 2.19. The first-order chi connectivity index (χ1) is 12.9. The molecule has 0 aliphatic rings. The molecule has 0 unspecified atom stereocenters. The topological polar surface area (TPSA) is 100 Å². The van der Waals surface area contributed by atoms with E-state index in [-0.39, 0.29) is 33.1 Å². The minimum Gasteiger partial charge on any atom is -0.506 e. The van der Waals surface area contributed by atoms with Crippen LogP contribution in [0.5, 0.6) is 0 Å². The van der Waals surface area contributed by atoms with Gasteiger partial charge in [-0.25, -0.2) is 13.8 Å². The second-order valence-electron chi connectivity index (χ2n) is 5.27. The molecule has 0 fully saturated rings. The Kier molecular flexibility index (Phi) is 4.92. The predicted octanol–water partition coefficient (Wildman–Crippen LogP) is 4.95. The van der Waals surface area contributed by atoms with E-state index < -0.39 is 22.3 Å². The fourth-order valence-corrected chi connectivity index (χ4v) is 3.14. The molecule has 0 spiro atoms. The molecule has 0 amide bonds. The van der Waals surface area contributed by atoms with Crippen LogP contribution in [-0.4, -0.2) is 15.0 Å². The Morgan fingerprint density at radius 2 is 1.81 bits per heavy atom. The molecule has 1 heterocycles. The van der Waals surface area contributed by atoms with Crippen molar-refractivity contribution in [2.75, 3.05) is 0 Å². The molecule has 1 N–H and O–H groups in total. The second kappa shape index (κ2) is 7.31. The van der Waals surface area contributed by atoms with Crippen LogP contribution in [0.3, 0.4) is 0 Å². The lowest BCUT2D eigenvalue weighted by Crippen LogP contribution is -1.93. The number of thiazole rings is 1. The Bertz CT molecular complexity index is 1080. The highest BCUT2D eigenvalue weighted by Crippen LogP contribution is 2.32. The third-order valence-electron chi connectivity index (χ3n) is 3.64. The third-order valence-corrected chi connectivity index (χ3v) is 4.50. The van der Waals surface area contributed by atoms with Gasteiger partial charge in [-0.1, -0.05) is 6.07 Å². The van der Waals surface area contributed by atoms with Crippen molar-refractivity contribution >= 4 is 28.4 Å². The van der Waals surface area contributed by atoms with Crippen LogP contribution in [0.1, 0.15) is 10.6 Å². The van der Waals surface area contributed by atoms with E-state index in [0.29, 0.717) is 0 Å². The van der Waals surface area contributed by atoms with E-state index in [1.807, 2.05) is 0 Å². The summed E-state index contributed by atoms with van der Waals surface area (Å²) < 4.78 is 27.8. The normalized spacial score (nSPS) is 11.6. The maximum Gasteiger partial charge on any atom is 0.269 e. The van der Waals surface area contributed by atoms with Gasteiger partial charge < -0.3 is 5.11 Å². The predicted molar refractivity (Wildman–Crippen MR) is 95.6 cm³/mol. The first-order valence-corrected chi connectivity index (χ1v) is 8.28. The number of rotatable bonds is 4. The summed E-state index contributed by atoms with van der Waals surface area (Å²) in [6.45, 7) is 0. The zero-order valence-corrected chi connectivity index (χ0v) is 14.2. The Morgan fingerprint density at radius 1 is 1.19 bits per heavy atom. The van der Waals surface area contributed by atoms with E-state index in [1.165, 1.54) is 35.7 Å². The molecule has 134 valence electrons. The van der Waals surface area contributed by atoms with Crippen molar-refractivity contribution in [2.24, 2.45) is 0 Å². The summed E-state index contributed by atoms with van der Waals surface area (Å²) in [6.07, 6.45) is 0. The Labute approximate surface area is 155 Å². The number of nitrogens with zero attached hydrogens (tertiary/aromatic N) is 3. The average Bonchev–Trinajstić information content (AvgIpc) is 3.11. The number of aliphatic hydroxyl groups is 1. The molecule has 9 heteroatoms. The largest absolute Gasteiger partial charge is 0.506 e. The van der Waals surface area contributed by atoms with Gasteiger partial charge in [0.1, 0.15) is 34.0 Å². The van der Waals surface area contributed by atoms with Crippen LogP contribution in [0.2, 0.25) is 0 Å². The zero-order valence-electron chi connectivity index (χ0n) is 13.4. The molecule has 0 saturated heterocycles. The van der Waals surface area contributed by atoms with Gasteiger partial charge in [0.05, 0.1) is 16.2 Å². The molecule has 0 aliphatic heterocycles. The molecular formula is C18H9F2N3O3S. The lowest BCUT2D eigenvalue weighted by molar-refractivity contribution is -0.384. The molecule has 0 radical (unpaired) electrons. The molecule has 6 nitrogen and oxygen atoms in total. The minimum atomic E-state index is -0.797. The quantitative estimate of drug-likeness (QED) is 0.296. The summed E-state index contributed by atoms with van der Waals surface area (Å²) in [6, 6.07) is 10.2. The zero-order chi connectivity index (χ0) is 19.6. The third kappa shape index (κ3) is 3.51. The lowest BCUT2D eigenvalue weighted by Gasteiger charge is -2.03. The van der Waals surface area contributed by atoms with Gasteiger partial charge in [0, 0.05) is 23.1 Å². The van der Waals surface area contributed by atoms with Gasteiger partial charge >= 0.3 is 0 Å². The average molecular weight is 385 g/mol. The van der Waals surface area contributed by atoms with Crippen LogP contribution in [0, 0.1) is 33.1 Å². The van der Waals surface area contributed by atoms with Crippen molar-refractivity contribution in [1.82, 2.24) is 4.98 Å². The van der Waals surface area contributed by atoms with E-state index in [9.17, 15) is 29.3 Å². The molecule has 0 saturated carbocycles. The van der Waals surface area contributed by atoms with Crippen molar-refractivity contribution < 1.29 is 18.8 Å². The van der Waals surface area contributed by atoms with Gasteiger partial charge in [0.15, 0.2) is 0 Å². The lowest BCUT2D eigenvalue weighted by atomic mass is 10.1. The second-order valence-corrected chi connectivity index (χ2v) is 6.13. The van der Waals surface area contributed by atoms with E-state index in [1.54, 1.807) is 6.07 Å². The van der Waals surface area contributed by atoms with Gasteiger partial charge in [-0.3, -0.25) is 10.1 Å². The standard InChI is InChI=1S/C18H9F2N3O3S/c19-13-2-1-3-14(20)16(13)15-9-27-18(22-15)12(8-21)17(24)10-4-6-11(7-5-10)23(25)26/h1-7,9,24H. The highest BCUT2D eigenvalue weighted by atomic mass is 32.1. The van der Waals surface area contributed by atoms with Gasteiger partial charge in [-0.05, 0) is 24.3 Å². The Morgan fingerprint density at radius 3 is 2.37 bits per heavy atom. The molecule has 0 bridgehead atoms. The van der Waals surface area contributed by atoms with Crippen LogP contribution < -0.4 is 0 Å². The number of nitro groups is 1. The smallest absolute Gasteiger partial charge is 0.269 e. The molecule has 3 aromatic rings. The number of hydrogen-bond donors (Lipinski definition) is 1. The monoisotopic (exact) mass is 385 g/mol. The molecule has 2 aromatic carbocycles. The van der Waals surface area contributed by atoms with Crippen molar-refractivity contribution in [2.45, 2.75) is 0 Å². The first-order valence-electron chi connectivity index (χ1n) is 7.41. The van der Waals surface area contributed by atoms with Crippen LogP contribution in [0.4, 0.5) is 14.5 Å². The van der Waals surface area contributed by atoms with E-state index >= 15 is 0 Å². The number of aliphatic hydroxyl groups excluding tert-OH is 1. The molecule has 0 aliphatic carbocycles. The Balaban J connectivity index is 2.04. The van der Waals surface area contributed by atoms with Crippen molar-refractivity contribution in [3.63, 3.8) is 0 Å². The molecule has 1 aromatic heterocycles.